The van der Waals surface area contributed by atoms with Crippen LogP contribution in [0.3, 0.4) is 0 Å². The molecule has 0 N–H and O–H groups in total. The van der Waals surface area contributed by atoms with E-state index >= 15 is 0 Å². The quantitative estimate of drug-likeness (QED) is 0.613. The van der Waals surface area contributed by atoms with E-state index in [-0.39, 0.29) is 5.56 Å². The highest BCUT2D eigenvalue weighted by atomic mass is 35.5. The molecule has 17 heavy (non-hydrogen) atoms. The third-order valence-corrected chi connectivity index (χ3v) is 2.69. The van der Waals surface area contributed by atoms with Crippen molar-refractivity contribution in [2.75, 3.05) is 0 Å². The molecule has 0 heterocycles. The summed E-state index contributed by atoms with van der Waals surface area (Å²) in [5.74, 6) is -1.12. The number of benzene rings is 2. The van der Waals surface area contributed by atoms with Gasteiger partial charge in [-0.15, -0.1) is 0 Å². The molecule has 0 aliphatic heterocycles. The van der Waals surface area contributed by atoms with Crippen molar-refractivity contribution >= 4 is 23.2 Å². The van der Waals surface area contributed by atoms with Crippen LogP contribution in [0.15, 0.2) is 54.6 Å². The molecule has 0 saturated heterocycles. The number of hydrogen-bond donors (Lipinski definition) is 0. The number of ketones is 2. The van der Waals surface area contributed by atoms with Gasteiger partial charge < -0.3 is 0 Å². The van der Waals surface area contributed by atoms with E-state index in [4.69, 9.17) is 11.6 Å². The maximum absolute atomic E-state index is 11.9. The van der Waals surface area contributed by atoms with Gasteiger partial charge in [-0.25, -0.2) is 0 Å². The highest BCUT2D eigenvalue weighted by Gasteiger charge is 2.19. The Kier molecular flexibility index (Phi) is 3.35. The van der Waals surface area contributed by atoms with Gasteiger partial charge in [0.2, 0.25) is 11.6 Å². The number of Topliss-reactive ketones (excluding diaryl/α,β-unsaturated/α-hetero) is 2. The summed E-state index contributed by atoms with van der Waals surface area (Å²) >= 11 is 5.88. The van der Waals surface area contributed by atoms with E-state index in [1.807, 2.05) is 0 Å². The monoisotopic (exact) mass is 244 g/mol. The molecule has 2 nitrogen and oxygen atoms in total. The maximum Gasteiger partial charge on any atom is 0.235 e. The SMILES string of the molecule is O=C(C(=O)c1ccccc1Cl)c1ccccc1. The van der Waals surface area contributed by atoms with Crippen molar-refractivity contribution in [2.24, 2.45) is 0 Å². The lowest BCUT2D eigenvalue weighted by molar-refractivity contribution is 0.0817. The average molecular weight is 245 g/mol. The standard InChI is InChI=1S/C14H9ClO2/c15-12-9-5-4-8-11(12)14(17)13(16)10-6-2-1-3-7-10/h1-9H. The van der Waals surface area contributed by atoms with E-state index in [0.29, 0.717) is 10.6 Å². The molecule has 0 aromatic heterocycles. The summed E-state index contributed by atoms with van der Waals surface area (Å²) in [6.45, 7) is 0. The molecule has 0 saturated carbocycles. The summed E-state index contributed by atoms with van der Waals surface area (Å²) in [6.07, 6.45) is 0. The van der Waals surface area contributed by atoms with E-state index in [9.17, 15) is 9.59 Å². The van der Waals surface area contributed by atoms with E-state index in [0.717, 1.165) is 0 Å². The minimum atomic E-state index is -0.582. The molecule has 0 unspecified atom stereocenters. The summed E-state index contributed by atoms with van der Waals surface area (Å²) in [5, 5.41) is 0.293. The molecule has 2 aromatic rings. The van der Waals surface area contributed by atoms with Crippen LogP contribution in [0.4, 0.5) is 0 Å². The number of carbonyl (C=O) groups excluding carboxylic acids is 2. The summed E-state index contributed by atoms with van der Waals surface area (Å²) in [5.41, 5.74) is 0.612. The Morgan fingerprint density at radius 2 is 1.35 bits per heavy atom. The van der Waals surface area contributed by atoms with Gasteiger partial charge in [0.15, 0.2) is 0 Å². The number of carbonyl (C=O) groups is 2. The van der Waals surface area contributed by atoms with Crippen molar-refractivity contribution in [3.63, 3.8) is 0 Å². The highest BCUT2D eigenvalue weighted by molar-refractivity contribution is 6.51. The molecule has 2 aromatic carbocycles. The molecule has 3 heteroatoms. The molecular formula is C14H9ClO2. The fraction of sp³-hybridized carbons (Fsp3) is 0. The van der Waals surface area contributed by atoms with Crippen LogP contribution in [0.2, 0.25) is 5.02 Å². The minimum Gasteiger partial charge on any atom is -0.285 e. The van der Waals surface area contributed by atoms with Crippen molar-refractivity contribution < 1.29 is 9.59 Å². The number of rotatable bonds is 3. The second-order valence-electron chi connectivity index (χ2n) is 3.50. The van der Waals surface area contributed by atoms with E-state index in [1.165, 1.54) is 0 Å². The Morgan fingerprint density at radius 3 is 2.00 bits per heavy atom. The average Bonchev–Trinajstić information content (AvgIpc) is 2.39. The van der Waals surface area contributed by atoms with E-state index in [1.54, 1.807) is 54.6 Å². The summed E-state index contributed by atoms with van der Waals surface area (Å²) in [7, 11) is 0. The van der Waals surface area contributed by atoms with Gasteiger partial charge in [0.1, 0.15) is 0 Å². The Balaban J connectivity index is 2.34. The molecule has 0 radical (unpaired) electrons. The third-order valence-electron chi connectivity index (χ3n) is 2.36. The second-order valence-corrected chi connectivity index (χ2v) is 3.91. The van der Waals surface area contributed by atoms with Crippen LogP contribution in [-0.2, 0) is 0 Å². The number of hydrogen-bond acceptors (Lipinski definition) is 2. The van der Waals surface area contributed by atoms with Crippen LogP contribution >= 0.6 is 11.6 Å². The van der Waals surface area contributed by atoms with Crippen molar-refractivity contribution in [1.82, 2.24) is 0 Å². The lowest BCUT2D eigenvalue weighted by atomic mass is 10.0. The molecular weight excluding hydrogens is 236 g/mol. The van der Waals surface area contributed by atoms with E-state index in [2.05, 4.69) is 0 Å². The summed E-state index contributed by atoms with van der Waals surface area (Å²) < 4.78 is 0. The first-order chi connectivity index (χ1) is 8.20. The van der Waals surface area contributed by atoms with Gasteiger partial charge in [-0.2, -0.15) is 0 Å². The smallest absolute Gasteiger partial charge is 0.235 e. The zero-order chi connectivity index (χ0) is 12.3. The lowest BCUT2D eigenvalue weighted by Crippen LogP contribution is -2.14. The van der Waals surface area contributed by atoms with Crippen LogP contribution in [0.1, 0.15) is 20.7 Å². The zero-order valence-electron chi connectivity index (χ0n) is 8.89. The Morgan fingerprint density at radius 1 is 0.765 bits per heavy atom. The molecule has 0 aliphatic carbocycles. The Hall–Kier alpha value is -1.93. The summed E-state index contributed by atoms with van der Waals surface area (Å²) in [6, 6.07) is 15.0. The Labute approximate surface area is 104 Å². The minimum absolute atomic E-state index is 0.239. The second kappa shape index (κ2) is 4.93. The molecule has 0 fully saturated rings. The molecule has 84 valence electrons. The first kappa shape index (κ1) is 11.6. The van der Waals surface area contributed by atoms with Crippen molar-refractivity contribution in [2.45, 2.75) is 0 Å². The van der Waals surface area contributed by atoms with Gasteiger partial charge in [-0.05, 0) is 12.1 Å². The maximum atomic E-state index is 11.9. The summed E-state index contributed by atoms with van der Waals surface area (Å²) in [4.78, 5) is 23.8. The van der Waals surface area contributed by atoms with Crippen LogP contribution < -0.4 is 0 Å². The number of halogens is 1. The van der Waals surface area contributed by atoms with Crippen LogP contribution in [0.25, 0.3) is 0 Å². The van der Waals surface area contributed by atoms with Crippen LogP contribution in [0.5, 0.6) is 0 Å². The third kappa shape index (κ3) is 2.43. The topological polar surface area (TPSA) is 34.1 Å². The normalized spacial score (nSPS) is 9.94. The van der Waals surface area contributed by atoms with Gasteiger partial charge in [0.05, 0.1) is 5.02 Å². The van der Waals surface area contributed by atoms with Crippen LogP contribution in [0, 0.1) is 0 Å². The van der Waals surface area contributed by atoms with Gasteiger partial charge in [-0.3, -0.25) is 9.59 Å². The van der Waals surface area contributed by atoms with Gasteiger partial charge >= 0.3 is 0 Å². The van der Waals surface area contributed by atoms with Crippen molar-refractivity contribution in [3.8, 4) is 0 Å². The molecule has 0 amide bonds. The molecule has 0 aliphatic rings. The van der Waals surface area contributed by atoms with Crippen LogP contribution in [-0.4, -0.2) is 11.6 Å². The Bertz CT molecular complexity index is 561. The van der Waals surface area contributed by atoms with E-state index < -0.39 is 11.6 Å². The van der Waals surface area contributed by atoms with Crippen molar-refractivity contribution in [1.29, 1.82) is 0 Å². The van der Waals surface area contributed by atoms with Gasteiger partial charge in [-0.1, -0.05) is 54.1 Å². The zero-order valence-corrected chi connectivity index (χ0v) is 9.65. The molecule has 0 spiro atoms. The fourth-order valence-corrected chi connectivity index (χ4v) is 1.71. The molecule has 0 atom stereocenters. The highest BCUT2D eigenvalue weighted by Crippen LogP contribution is 2.17. The van der Waals surface area contributed by atoms with Gasteiger partial charge in [0, 0.05) is 11.1 Å². The molecule has 2 rings (SSSR count). The first-order valence-electron chi connectivity index (χ1n) is 5.09. The predicted molar refractivity (Wildman–Crippen MR) is 66.6 cm³/mol. The fourth-order valence-electron chi connectivity index (χ4n) is 1.49. The van der Waals surface area contributed by atoms with Gasteiger partial charge in [0.25, 0.3) is 0 Å². The first-order valence-corrected chi connectivity index (χ1v) is 5.46. The van der Waals surface area contributed by atoms with Crippen molar-refractivity contribution in [3.05, 3.63) is 70.7 Å². The lowest BCUT2D eigenvalue weighted by Gasteiger charge is -2.02. The molecule has 0 bridgehead atoms. The predicted octanol–water partition coefficient (Wildman–Crippen LogP) is 3.41. The largest absolute Gasteiger partial charge is 0.285 e.